The minimum absolute atomic E-state index is 0.220. The predicted octanol–water partition coefficient (Wildman–Crippen LogP) is 1.10. The quantitative estimate of drug-likeness (QED) is 0.572. The number of hydrogen-bond donors (Lipinski definition) is 0. The Hall–Kier alpha value is -1.25. The number of rotatable bonds is 0. The van der Waals surface area contributed by atoms with Gasteiger partial charge in [0.05, 0.1) is 6.54 Å². The van der Waals surface area contributed by atoms with Crippen molar-refractivity contribution in [2.45, 2.75) is 13.0 Å². The summed E-state index contributed by atoms with van der Waals surface area (Å²) in [6, 6.07) is 4.83. The summed E-state index contributed by atoms with van der Waals surface area (Å²) in [6.45, 7) is 2.95. The van der Waals surface area contributed by atoms with Crippen molar-refractivity contribution in [3.63, 3.8) is 0 Å². The van der Waals surface area contributed by atoms with Crippen molar-refractivity contribution < 1.29 is 4.74 Å². The second kappa shape index (κ2) is 2.66. The van der Waals surface area contributed by atoms with E-state index in [1.807, 2.05) is 20.0 Å². The maximum atomic E-state index is 5.53. The van der Waals surface area contributed by atoms with Gasteiger partial charge < -0.3 is 9.64 Å². The minimum Gasteiger partial charge on any atom is -0.471 e. The fourth-order valence-corrected chi connectivity index (χ4v) is 1.42. The average Bonchev–Trinajstić information content (AvgIpc) is 2.04. The van der Waals surface area contributed by atoms with Gasteiger partial charge in [-0.15, -0.1) is 0 Å². The maximum absolute atomic E-state index is 5.53. The molecule has 3 nitrogen and oxygen atoms in total. The monoisotopic (exact) mass is 163 g/mol. The van der Waals surface area contributed by atoms with Crippen molar-refractivity contribution in [1.29, 1.82) is 0 Å². The number of fused-ring (bicyclic) bond motifs is 1. The lowest BCUT2D eigenvalue weighted by molar-refractivity contribution is 0.206. The van der Waals surface area contributed by atoms with Crippen LogP contribution in [0.4, 0.5) is 5.69 Å². The molecule has 1 aromatic rings. The van der Waals surface area contributed by atoms with E-state index >= 15 is 0 Å². The number of anilines is 1. The minimum atomic E-state index is 0.220. The van der Waals surface area contributed by atoms with Gasteiger partial charge in [0.25, 0.3) is 0 Å². The van der Waals surface area contributed by atoms with E-state index in [0.29, 0.717) is 0 Å². The highest BCUT2D eigenvalue weighted by atomic mass is 16.5. The van der Waals surface area contributed by atoms with E-state index in [0.717, 1.165) is 18.1 Å². The molecule has 0 unspecified atom stereocenters. The van der Waals surface area contributed by atoms with E-state index in [1.54, 1.807) is 6.20 Å². The zero-order valence-corrected chi connectivity index (χ0v) is 7.24. The lowest BCUT2D eigenvalue weighted by Gasteiger charge is -2.30. The molecule has 0 N–H and O–H groups in total. The highest BCUT2D eigenvalue weighted by Crippen LogP contribution is 2.28. The molecule has 0 aromatic carbocycles. The van der Waals surface area contributed by atoms with Crippen LogP contribution in [0.2, 0.25) is 0 Å². The molecule has 1 aliphatic heterocycles. The van der Waals surface area contributed by atoms with Crippen LogP contribution in [0.1, 0.15) is 6.92 Å². The summed E-state index contributed by atoms with van der Waals surface area (Å²) in [5.41, 5.74) is 1.02. The average molecular weight is 163 g/mol. The molecule has 0 saturated heterocycles. The molecule has 3 heteroatoms. The number of likely N-dealkylation sites (N-methyl/N-ethyl adjacent to an activating group) is 1. The van der Waals surface area contributed by atoms with Gasteiger partial charge in [-0.3, -0.25) is 0 Å². The molecule has 1 aromatic heterocycles. The molecule has 0 aliphatic carbocycles. The van der Waals surface area contributed by atoms with Crippen LogP contribution < -0.4 is 9.64 Å². The molecule has 63 valence electrons. The van der Waals surface area contributed by atoms with E-state index < -0.39 is 0 Å². The fraction of sp³-hybridized carbons (Fsp3) is 0.444. The molecule has 0 spiro atoms. The highest BCUT2D eigenvalue weighted by Gasteiger charge is 2.20. The van der Waals surface area contributed by atoms with Crippen LogP contribution in [-0.4, -0.2) is 24.7 Å². The molecule has 0 fully saturated rings. The van der Waals surface area contributed by atoms with Crippen LogP contribution in [0, 0.1) is 6.07 Å². The van der Waals surface area contributed by atoms with E-state index in [2.05, 4.69) is 16.0 Å². The summed E-state index contributed by atoms with van der Waals surface area (Å²) < 4.78 is 5.53. The van der Waals surface area contributed by atoms with Gasteiger partial charge in [0.15, 0.2) is 0 Å². The van der Waals surface area contributed by atoms with Gasteiger partial charge >= 0.3 is 0 Å². The fourth-order valence-electron chi connectivity index (χ4n) is 1.42. The smallest absolute Gasteiger partial charge is 0.237 e. The largest absolute Gasteiger partial charge is 0.471 e. The van der Waals surface area contributed by atoms with Gasteiger partial charge in [0.2, 0.25) is 5.88 Å². The van der Waals surface area contributed by atoms with Crippen molar-refractivity contribution in [2.75, 3.05) is 18.5 Å². The molecule has 0 amide bonds. The Kier molecular flexibility index (Phi) is 1.64. The van der Waals surface area contributed by atoms with Crippen LogP contribution in [-0.2, 0) is 0 Å². The van der Waals surface area contributed by atoms with Crippen molar-refractivity contribution in [1.82, 2.24) is 4.98 Å². The predicted molar refractivity (Wildman–Crippen MR) is 46.4 cm³/mol. The standard InChI is InChI=1S/C9H11N2O/c1-7-6-11(2)8-4-3-5-10-9(8)12-7/h4-5,7H,6H2,1-2H3/t7-/m1/s1. The number of pyridine rings is 1. The maximum Gasteiger partial charge on any atom is 0.237 e. The van der Waals surface area contributed by atoms with E-state index in [9.17, 15) is 0 Å². The Morgan fingerprint density at radius 2 is 2.58 bits per heavy atom. The van der Waals surface area contributed by atoms with Crippen LogP contribution in [0.25, 0.3) is 0 Å². The molecule has 2 rings (SSSR count). The summed E-state index contributed by atoms with van der Waals surface area (Å²) in [6.07, 6.45) is 1.85. The first-order chi connectivity index (χ1) is 5.77. The van der Waals surface area contributed by atoms with Crippen molar-refractivity contribution in [3.05, 3.63) is 18.3 Å². The third-order valence-electron chi connectivity index (χ3n) is 1.95. The van der Waals surface area contributed by atoms with Crippen LogP contribution >= 0.6 is 0 Å². The Labute approximate surface area is 72.0 Å². The van der Waals surface area contributed by atoms with Gasteiger partial charge in [0.1, 0.15) is 11.8 Å². The third-order valence-corrected chi connectivity index (χ3v) is 1.95. The lowest BCUT2D eigenvalue weighted by atomic mass is 10.2. The first-order valence-electron chi connectivity index (χ1n) is 4.01. The van der Waals surface area contributed by atoms with Crippen molar-refractivity contribution in [2.24, 2.45) is 0 Å². The highest BCUT2D eigenvalue weighted by molar-refractivity contribution is 5.55. The molecular formula is C9H11N2O. The number of nitrogens with zero attached hydrogens (tertiary/aromatic N) is 2. The number of hydrogen-bond acceptors (Lipinski definition) is 3. The Balaban J connectivity index is 2.40. The van der Waals surface area contributed by atoms with Gasteiger partial charge in [0, 0.05) is 19.3 Å². The molecule has 1 atom stereocenters. The van der Waals surface area contributed by atoms with Crippen molar-refractivity contribution >= 4 is 5.69 Å². The molecule has 2 heterocycles. The Morgan fingerprint density at radius 1 is 1.75 bits per heavy atom. The van der Waals surface area contributed by atoms with Gasteiger partial charge in [-0.1, -0.05) is 0 Å². The van der Waals surface area contributed by atoms with Gasteiger partial charge in [-0.25, -0.2) is 4.98 Å². The van der Waals surface area contributed by atoms with Crippen molar-refractivity contribution in [3.8, 4) is 5.88 Å². The van der Waals surface area contributed by atoms with E-state index in [-0.39, 0.29) is 6.10 Å². The first-order valence-corrected chi connectivity index (χ1v) is 4.01. The third kappa shape index (κ3) is 1.11. The topological polar surface area (TPSA) is 25.4 Å². The second-order valence-electron chi connectivity index (χ2n) is 3.07. The molecule has 0 saturated carbocycles. The Bertz CT molecular complexity index is 288. The lowest BCUT2D eigenvalue weighted by Crippen LogP contribution is -2.35. The normalized spacial score (nSPS) is 21.5. The first kappa shape index (κ1) is 7.40. The van der Waals surface area contributed by atoms with Gasteiger partial charge in [-0.05, 0) is 13.0 Å². The summed E-state index contributed by atoms with van der Waals surface area (Å²) in [4.78, 5) is 6.23. The Morgan fingerprint density at radius 3 is 3.42 bits per heavy atom. The molecule has 12 heavy (non-hydrogen) atoms. The van der Waals surface area contributed by atoms with Gasteiger partial charge in [-0.2, -0.15) is 0 Å². The van der Waals surface area contributed by atoms with E-state index in [1.165, 1.54) is 0 Å². The SMILES string of the molecule is C[C@@H]1CN(C)c2c[c]cnc2O1. The van der Waals surface area contributed by atoms with Crippen LogP contribution in [0.3, 0.4) is 0 Å². The molecule has 1 radical (unpaired) electrons. The zero-order chi connectivity index (χ0) is 8.55. The summed E-state index contributed by atoms with van der Waals surface area (Å²) >= 11 is 0. The number of ether oxygens (including phenoxy) is 1. The molecule has 1 aliphatic rings. The summed E-state index contributed by atoms with van der Waals surface area (Å²) in [7, 11) is 2.04. The molecule has 0 bridgehead atoms. The zero-order valence-electron chi connectivity index (χ0n) is 7.24. The van der Waals surface area contributed by atoms with Crippen LogP contribution in [0.15, 0.2) is 12.3 Å². The van der Waals surface area contributed by atoms with Crippen LogP contribution in [0.5, 0.6) is 5.88 Å². The second-order valence-corrected chi connectivity index (χ2v) is 3.07. The van der Waals surface area contributed by atoms with E-state index in [4.69, 9.17) is 4.74 Å². The summed E-state index contributed by atoms with van der Waals surface area (Å²) in [5, 5.41) is 0. The summed E-state index contributed by atoms with van der Waals surface area (Å²) in [5.74, 6) is 0.718. The molecular weight excluding hydrogens is 152 g/mol. The number of aromatic nitrogens is 1.